The Hall–Kier alpha value is -2.42. The minimum absolute atomic E-state index is 0.105. The van der Waals surface area contributed by atoms with Crippen molar-refractivity contribution in [3.63, 3.8) is 0 Å². The molecule has 0 aliphatic rings. The number of carbonyl (C=O) groups excluding carboxylic acids is 1. The Bertz CT molecular complexity index is 675. The number of benzene rings is 2. The molecule has 1 N–H and O–H groups in total. The molecule has 2 aromatic rings. The third-order valence-electron chi connectivity index (χ3n) is 3.43. The first-order chi connectivity index (χ1) is 10.1. The van der Waals surface area contributed by atoms with Gasteiger partial charge in [-0.25, -0.2) is 5.43 Å². The van der Waals surface area contributed by atoms with Crippen LogP contribution in [0.2, 0.25) is 0 Å². The maximum Gasteiger partial charge on any atom is 0.244 e. The Kier molecular flexibility index (Phi) is 4.88. The Morgan fingerprint density at radius 1 is 1.10 bits per heavy atom. The van der Waals surface area contributed by atoms with Crippen molar-refractivity contribution >= 4 is 12.1 Å². The number of carbonyl (C=O) groups is 1. The van der Waals surface area contributed by atoms with Gasteiger partial charge in [-0.3, -0.25) is 4.79 Å². The van der Waals surface area contributed by atoms with E-state index >= 15 is 0 Å². The van der Waals surface area contributed by atoms with Crippen LogP contribution in [-0.4, -0.2) is 12.1 Å². The highest BCUT2D eigenvalue weighted by atomic mass is 16.2. The monoisotopic (exact) mass is 280 g/mol. The van der Waals surface area contributed by atoms with Gasteiger partial charge < -0.3 is 0 Å². The summed E-state index contributed by atoms with van der Waals surface area (Å²) in [4.78, 5) is 11.9. The highest BCUT2D eigenvalue weighted by Gasteiger charge is 2.05. The van der Waals surface area contributed by atoms with Crippen LogP contribution in [0.3, 0.4) is 0 Å². The molecule has 2 rings (SSSR count). The zero-order valence-electron chi connectivity index (χ0n) is 12.7. The van der Waals surface area contributed by atoms with Crippen molar-refractivity contribution in [2.45, 2.75) is 27.2 Å². The van der Waals surface area contributed by atoms with E-state index in [0.717, 1.165) is 22.3 Å². The first-order valence-electron chi connectivity index (χ1n) is 7.00. The van der Waals surface area contributed by atoms with E-state index in [0.29, 0.717) is 6.42 Å². The molecule has 0 atom stereocenters. The highest BCUT2D eigenvalue weighted by molar-refractivity contribution is 5.84. The topological polar surface area (TPSA) is 41.5 Å². The zero-order valence-corrected chi connectivity index (χ0v) is 12.7. The second-order valence-electron chi connectivity index (χ2n) is 5.26. The van der Waals surface area contributed by atoms with Crippen LogP contribution in [0.4, 0.5) is 0 Å². The zero-order chi connectivity index (χ0) is 15.2. The van der Waals surface area contributed by atoms with E-state index in [2.05, 4.69) is 16.6 Å². The lowest BCUT2D eigenvalue weighted by Gasteiger charge is -2.06. The summed E-state index contributed by atoms with van der Waals surface area (Å²) in [5.41, 5.74) is 8.08. The molecule has 0 bridgehead atoms. The van der Waals surface area contributed by atoms with Crippen LogP contribution >= 0.6 is 0 Å². The van der Waals surface area contributed by atoms with Crippen molar-refractivity contribution in [2.75, 3.05) is 0 Å². The van der Waals surface area contributed by atoms with Gasteiger partial charge >= 0.3 is 0 Å². The van der Waals surface area contributed by atoms with E-state index in [1.807, 2.05) is 57.2 Å². The third-order valence-corrected chi connectivity index (χ3v) is 3.43. The Labute approximate surface area is 125 Å². The fourth-order valence-electron chi connectivity index (χ4n) is 2.16. The second-order valence-corrected chi connectivity index (χ2v) is 5.26. The van der Waals surface area contributed by atoms with Crippen LogP contribution in [-0.2, 0) is 11.2 Å². The molecule has 3 heteroatoms. The number of nitrogens with zero attached hydrogens (tertiary/aromatic N) is 1. The van der Waals surface area contributed by atoms with Crippen molar-refractivity contribution < 1.29 is 4.79 Å². The van der Waals surface area contributed by atoms with Crippen LogP contribution in [0.25, 0.3) is 0 Å². The number of hydrazone groups is 1. The maximum absolute atomic E-state index is 11.9. The molecule has 0 heterocycles. The first-order valence-corrected chi connectivity index (χ1v) is 7.00. The van der Waals surface area contributed by atoms with E-state index < -0.39 is 0 Å². The number of amides is 1. The molecule has 0 aliphatic heterocycles. The predicted molar refractivity (Wildman–Crippen MR) is 86.5 cm³/mol. The summed E-state index contributed by atoms with van der Waals surface area (Å²) in [5, 5.41) is 4.02. The molecule has 21 heavy (non-hydrogen) atoms. The Morgan fingerprint density at radius 3 is 2.57 bits per heavy atom. The fourth-order valence-corrected chi connectivity index (χ4v) is 2.16. The van der Waals surface area contributed by atoms with E-state index in [1.165, 1.54) is 5.56 Å². The average molecular weight is 280 g/mol. The fraction of sp³-hybridized carbons (Fsp3) is 0.222. The van der Waals surface area contributed by atoms with Crippen LogP contribution in [0, 0.1) is 20.8 Å². The van der Waals surface area contributed by atoms with E-state index in [4.69, 9.17) is 0 Å². The van der Waals surface area contributed by atoms with E-state index in [9.17, 15) is 4.79 Å². The molecule has 108 valence electrons. The number of hydrogen-bond acceptors (Lipinski definition) is 2. The summed E-state index contributed by atoms with van der Waals surface area (Å²) in [6, 6.07) is 14.0. The first kappa shape index (κ1) is 15.0. The van der Waals surface area contributed by atoms with Crippen LogP contribution in [0.1, 0.15) is 27.8 Å². The lowest BCUT2D eigenvalue weighted by molar-refractivity contribution is -0.120. The molecular weight excluding hydrogens is 260 g/mol. The van der Waals surface area contributed by atoms with Crippen molar-refractivity contribution in [1.29, 1.82) is 0 Å². The average Bonchev–Trinajstić information content (AvgIpc) is 2.44. The Balaban J connectivity index is 1.95. The van der Waals surface area contributed by atoms with E-state index in [-0.39, 0.29) is 5.91 Å². The largest absolute Gasteiger partial charge is 0.273 e. The van der Waals surface area contributed by atoms with Gasteiger partial charge in [0.25, 0.3) is 0 Å². The molecule has 0 saturated heterocycles. The normalized spacial score (nSPS) is 10.8. The number of rotatable bonds is 4. The summed E-state index contributed by atoms with van der Waals surface area (Å²) >= 11 is 0. The van der Waals surface area contributed by atoms with Crippen molar-refractivity contribution in [3.8, 4) is 0 Å². The third kappa shape index (κ3) is 4.28. The summed E-state index contributed by atoms with van der Waals surface area (Å²) in [5.74, 6) is -0.105. The van der Waals surface area contributed by atoms with Gasteiger partial charge in [0.2, 0.25) is 5.91 Å². The minimum atomic E-state index is -0.105. The summed E-state index contributed by atoms with van der Waals surface area (Å²) in [6.45, 7) is 6.08. The van der Waals surface area contributed by atoms with Gasteiger partial charge in [-0.2, -0.15) is 5.10 Å². The Morgan fingerprint density at radius 2 is 1.86 bits per heavy atom. The molecule has 0 aromatic heterocycles. The van der Waals surface area contributed by atoms with Gasteiger partial charge in [0.1, 0.15) is 0 Å². The SMILES string of the molecule is Cc1ccc(CC(=O)N/N=C\c2ccccc2C)c(C)c1. The molecule has 2 aromatic carbocycles. The second kappa shape index (κ2) is 6.84. The van der Waals surface area contributed by atoms with E-state index in [1.54, 1.807) is 6.21 Å². The van der Waals surface area contributed by atoms with Gasteiger partial charge in [-0.05, 0) is 43.0 Å². The predicted octanol–water partition coefficient (Wildman–Crippen LogP) is 3.30. The van der Waals surface area contributed by atoms with Gasteiger partial charge in [0, 0.05) is 0 Å². The lowest BCUT2D eigenvalue weighted by atomic mass is 10.0. The van der Waals surface area contributed by atoms with Crippen LogP contribution < -0.4 is 5.43 Å². The van der Waals surface area contributed by atoms with Crippen LogP contribution in [0.5, 0.6) is 0 Å². The summed E-state index contributed by atoms with van der Waals surface area (Å²) in [6.07, 6.45) is 2.02. The molecule has 3 nitrogen and oxygen atoms in total. The molecule has 0 saturated carbocycles. The van der Waals surface area contributed by atoms with Gasteiger partial charge in [-0.1, -0.05) is 48.0 Å². The van der Waals surface area contributed by atoms with Crippen molar-refractivity contribution in [3.05, 3.63) is 70.3 Å². The van der Waals surface area contributed by atoms with Gasteiger partial charge in [0.15, 0.2) is 0 Å². The number of nitrogens with one attached hydrogen (secondary N) is 1. The molecule has 0 spiro atoms. The number of hydrogen-bond donors (Lipinski definition) is 1. The van der Waals surface area contributed by atoms with Crippen LogP contribution in [0.15, 0.2) is 47.6 Å². The highest BCUT2D eigenvalue weighted by Crippen LogP contribution is 2.11. The van der Waals surface area contributed by atoms with Gasteiger partial charge in [-0.15, -0.1) is 0 Å². The maximum atomic E-state index is 11.9. The number of aryl methyl sites for hydroxylation is 3. The molecule has 0 fully saturated rings. The minimum Gasteiger partial charge on any atom is -0.273 e. The molecule has 0 radical (unpaired) electrons. The summed E-state index contributed by atoms with van der Waals surface area (Å²) in [7, 11) is 0. The van der Waals surface area contributed by atoms with Crippen molar-refractivity contribution in [2.24, 2.45) is 5.10 Å². The molecule has 1 amide bonds. The smallest absolute Gasteiger partial charge is 0.244 e. The molecule has 0 unspecified atom stereocenters. The standard InChI is InChI=1S/C18H20N2O/c1-13-8-9-16(15(3)10-13)11-18(21)20-19-12-17-7-5-4-6-14(17)2/h4-10,12H,11H2,1-3H3,(H,20,21)/b19-12-. The molecule has 0 aliphatic carbocycles. The van der Waals surface area contributed by atoms with Gasteiger partial charge in [0.05, 0.1) is 12.6 Å². The molecular formula is C18H20N2O. The van der Waals surface area contributed by atoms with Crippen molar-refractivity contribution in [1.82, 2.24) is 5.43 Å². The quantitative estimate of drug-likeness (QED) is 0.677. The lowest BCUT2D eigenvalue weighted by Crippen LogP contribution is -2.20. The summed E-state index contributed by atoms with van der Waals surface area (Å²) < 4.78 is 0.